The Morgan fingerprint density at radius 1 is 1.14 bits per heavy atom. The van der Waals surface area contributed by atoms with Gasteiger partial charge in [-0.1, -0.05) is 19.3 Å². The van der Waals surface area contributed by atoms with Crippen molar-refractivity contribution in [3.63, 3.8) is 0 Å². The number of hydrogen-bond acceptors (Lipinski definition) is 4. The highest BCUT2D eigenvalue weighted by Gasteiger charge is 2.27. The zero-order valence-electron chi connectivity index (χ0n) is 16.9. The van der Waals surface area contributed by atoms with E-state index in [2.05, 4.69) is 10.6 Å². The number of rotatable bonds is 7. The summed E-state index contributed by atoms with van der Waals surface area (Å²) in [6, 6.07) is 4.60. The first-order valence-electron chi connectivity index (χ1n) is 10.6. The third-order valence-electron chi connectivity index (χ3n) is 5.71. The van der Waals surface area contributed by atoms with Crippen LogP contribution in [0.3, 0.4) is 0 Å². The molecular weight excluding hydrogens is 376 g/mol. The molecule has 0 radical (unpaired) electrons. The fraction of sp³-hybridized carbons (Fsp3) is 0.750. The SMILES string of the molecule is CCS(=O)(=O)N1CCC(NC(=NCCc2ccco2)NC2CCCCC2)CC1. The second-order valence-electron chi connectivity index (χ2n) is 7.76. The lowest BCUT2D eigenvalue weighted by molar-refractivity contribution is 0.305. The van der Waals surface area contributed by atoms with E-state index in [1.807, 2.05) is 12.1 Å². The summed E-state index contributed by atoms with van der Waals surface area (Å²) in [7, 11) is -3.09. The van der Waals surface area contributed by atoms with Crippen molar-refractivity contribution in [3.8, 4) is 0 Å². The van der Waals surface area contributed by atoms with Crippen LogP contribution in [0.4, 0.5) is 0 Å². The molecule has 0 unspecified atom stereocenters. The van der Waals surface area contributed by atoms with Gasteiger partial charge in [0.05, 0.1) is 12.0 Å². The van der Waals surface area contributed by atoms with Crippen LogP contribution in [0, 0.1) is 0 Å². The highest BCUT2D eigenvalue weighted by molar-refractivity contribution is 7.89. The fourth-order valence-corrected chi connectivity index (χ4v) is 5.09. The Morgan fingerprint density at radius 2 is 1.82 bits per heavy atom. The summed E-state index contributed by atoms with van der Waals surface area (Å²) in [5, 5.41) is 7.17. The Hall–Kier alpha value is -1.54. The summed E-state index contributed by atoms with van der Waals surface area (Å²) in [5.74, 6) is 1.97. The average molecular weight is 411 g/mol. The molecule has 158 valence electrons. The second-order valence-corrected chi connectivity index (χ2v) is 10.0. The van der Waals surface area contributed by atoms with Gasteiger partial charge in [0.15, 0.2) is 5.96 Å². The van der Waals surface area contributed by atoms with E-state index in [1.165, 1.54) is 32.1 Å². The highest BCUT2D eigenvalue weighted by Crippen LogP contribution is 2.18. The lowest BCUT2D eigenvalue weighted by Gasteiger charge is -2.33. The molecule has 2 fully saturated rings. The Bertz CT molecular complexity index is 704. The fourth-order valence-electron chi connectivity index (χ4n) is 3.96. The first-order valence-corrected chi connectivity index (χ1v) is 12.3. The lowest BCUT2D eigenvalue weighted by Crippen LogP contribution is -2.52. The minimum absolute atomic E-state index is 0.174. The van der Waals surface area contributed by atoms with Crippen LogP contribution in [0.1, 0.15) is 57.6 Å². The molecule has 2 N–H and O–H groups in total. The van der Waals surface area contributed by atoms with Crippen molar-refractivity contribution < 1.29 is 12.8 Å². The summed E-state index contributed by atoms with van der Waals surface area (Å²) >= 11 is 0. The summed E-state index contributed by atoms with van der Waals surface area (Å²) in [5.41, 5.74) is 0. The van der Waals surface area contributed by atoms with Crippen LogP contribution in [0.2, 0.25) is 0 Å². The molecule has 28 heavy (non-hydrogen) atoms. The maximum absolute atomic E-state index is 12.1. The molecule has 7 nitrogen and oxygen atoms in total. The predicted molar refractivity (Wildman–Crippen MR) is 112 cm³/mol. The molecular formula is C20H34N4O3S. The summed E-state index contributed by atoms with van der Waals surface area (Å²) in [6.07, 6.45) is 10.3. The molecule has 8 heteroatoms. The minimum atomic E-state index is -3.09. The lowest BCUT2D eigenvalue weighted by atomic mass is 9.96. The molecule has 1 aliphatic heterocycles. The number of furan rings is 1. The van der Waals surface area contributed by atoms with E-state index in [-0.39, 0.29) is 11.8 Å². The quantitative estimate of drug-likeness (QED) is 0.533. The van der Waals surface area contributed by atoms with Crippen molar-refractivity contribution in [1.29, 1.82) is 0 Å². The zero-order valence-corrected chi connectivity index (χ0v) is 17.7. The molecule has 1 aliphatic carbocycles. The second kappa shape index (κ2) is 10.3. The van der Waals surface area contributed by atoms with Gasteiger partial charge in [-0.25, -0.2) is 12.7 Å². The van der Waals surface area contributed by atoms with Gasteiger partial charge in [-0.2, -0.15) is 0 Å². The third kappa shape index (κ3) is 6.24. The Balaban J connectivity index is 1.55. The van der Waals surface area contributed by atoms with Gasteiger partial charge in [0.25, 0.3) is 0 Å². The molecule has 0 atom stereocenters. The van der Waals surface area contributed by atoms with Gasteiger partial charge in [-0.05, 0) is 44.7 Å². The van der Waals surface area contributed by atoms with E-state index in [0.717, 1.165) is 31.0 Å². The minimum Gasteiger partial charge on any atom is -0.469 e. The van der Waals surface area contributed by atoms with Gasteiger partial charge < -0.3 is 15.1 Å². The molecule has 1 saturated carbocycles. The van der Waals surface area contributed by atoms with Crippen molar-refractivity contribution in [2.45, 2.75) is 70.4 Å². The third-order valence-corrected chi connectivity index (χ3v) is 7.59. The van der Waals surface area contributed by atoms with E-state index >= 15 is 0 Å². The summed E-state index contributed by atoms with van der Waals surface area (Å²) < 4.78 is 31.1. The topological polar surface area (TPSA) is 86.9 Å². The monoisotopic (exact) mass is 410 g/mol. The number of nitrogens with zero attached hydrogens (tertiary/aromatic N) is 2. The van der Waals surface area contributed by atoms with E-state index in [1.54, 1.807) is 17.5 Å². The molecule has 0 spiro atoms. The molecule has 3 rings (SSSR count). The van der Waals surface area contributed by atoms with Gasteiger partial charge >= 0.3 is 0 Å². The molecule has 1 saturated heterocycles. The van der Waals surface area contributed by atoms with Crippen LogP contribution < -0.4 is 10.6 Å². The number of guanidine groups is 1. The smallest absolute Gasteiger partial charge is 0.213 e. The molecule has 1 aromatic rings. The zero-order chi connectivity index (χ0) is 19.8. The van der Waals surface area contributed by atoms with Crippen LogP contribution >= 0.6 is 0 Å². The molecule has 0 aromatic carbocycles. The number of aliphatic imine (C=N–C) groups is 1. The molecule has 1 aromatic heterocycles. The van der Waals surface area contributed by atoms with Crippen LogP contribution in [0.25, 0.3) is 0 Å². The van der Waals surface area contributed by atoms with Crippen LogP contribution in [-0.4, -0.2) is 56.2 Å². The van der Waals surface area contributed by atoms with Crippen molar-refractivity contribution >= 4 is 16.0 Å². The van der Waals surface area contributed by atoms with E-state index < -0.39 is 10.0 Å². The van der Waals surface area contributed by atoms with E-state index in [9.17, 15) is 8.42 Å². The van der Waals surface area contributed by atoms with Gasteiger partial charge in [0.1, 0.15) is 5.76 Å². The Morgan fingerprint density at radius 3 is 2.43 bits per heavy atom. The Kier molecular flexibility index (Phi) is 7.79. The van der Waals surface area contributed by atoms with Gasteiger partial charge in [-0.15, -0.1) is 0 Å². The van der Waals surface area contributed by atoms with E-state index in [0.29, 0.717) is 25.7 Å². The largest absolute Gasteiger partial charge is 0.469 e. The normalized spacial score (nSPS) is 21.0. The first kappa shape index (κ1) is 21.2. The Labute approximate surface area is 169 Å². The van der Waals surface area contributed by atoms with Crippen LogP contribution in [0.5, 0.6) is 0 Å². The van der Waals surface area contributed by atoms with Gasteiger partial charge in [0.2, 0.25) is 10.0 Å². The average Bonchev–Trinajstić information content (AvgIpc) is 3.23. The summed E-state index contributed by atoms with van der Waals surface area (Å²) in [4.78, 5) is 4.77. The number of hydrogen-bond donors (Lipinski definition) is 2. The number of piperidine rings is 1. The molecule has 0 amide bonds. The number of nitrogens with one attached hydrogen (secondary N) is 2. The predicted octanol–water partition coefficient (Wildman–Crippen LogP) is 2.50. The van der Waals surface area contributed by atoms with Crippen molar-refractivity contribution in [1.82, 2.24) is 14.9 Å². The highest BCUT2D eigenvalue weighted by atomic mass is 32.2. The molecule has 2 heterocycles. The van der Waals surface area contributed by atoms with Crippen molar-refractivity contribution in [2.75, 3.05) is 25.4 Å². The van der Waals surface area contributed by atoms with Crippen molar-refractivity contribution in [2.24, 2.45) is 4.99 Å². The standard InChI is InChI=1S/C20H34N4O3S/c1-2-28(25,26)24-14-11-18(12-15-24)23-20(22-17-7-4-3-5-8-17)21-13-10-19-9-6-16-27-19/h6,9,16-18H,2-5,7-8,10-15H2,1H3,(H2,21,22,23). The van der Waals surface area contributed by atoms with Gasteiger partial charge in [-0.3, -0.25) is 4.99 Å². The maximum atomic E-state index is 12.1. The van der Waals surface area contributed by atoms with Crippen molar-refractivity contribution in [3.05, 3.63) is 24.2 Å². The van der Waals surface area contributed by atoms with Gasteiger partial charge in [0, 0.05) is 38.1 Å². The summed E-state index contributed by atoms with van der Waals surface area (Å²) in [6.45, 7) is 3.53. The first-order chi connectivity index (χ1) is 13.6. The number of sulfonamides is 1. The van der Waals surface area contributed by atoms with E-state index in [4.69, 9.17) is 9.41 Å². The maximum Gasteiger partial charge on any atom is 0.213 e. The molecule has 2 aliphatic rings. The van der Waals surface area contributed by atoms with Crippen LogP contribution in [-0.2, 0) is 16.4 Å². The molecule has 0 bridgehead atoms. The van der Waals surface area contributed by atoms with Crippen LogP contribution in [0.15, 0.2) is 27.8 Å².